The van der Waals surface area contributed by atoms with Crippen LogP contribution in [0.5, 0.6) is 5.88 Å². The Morgan fingerprint density at radius 3 is 2.71 bits per heavy atom. The van der Waals surface area contributed by atoms with E-state index in [1.165, 1.54) is 19.5 Å². The highest BCUT2D eigenvalue weighted by Gasteiger charge is 2.28. The molecule has 0 radical (unpaired) electrons. The maximum absolute atomic E-state index is 12.6. The van der Waals surface area contributed by atoms with Crippen LogP contribution >= 0.6 is 0 Å². The van der Waals surface area contributed by atoms with Crippen LogP contribution in [0.3, 0.4) is 0 Å². The molecule has 0 aliphatic rings. The molecular formula is C16H15F3N4O. The summed E-state index contributed by atoms with van der Waals surface area (Å²) in [6, 6.07) is 7.37. The molecular weight excluding hydrogens is 321 g/mol. The van der Waals surface area contributed by atoms with Gasteiger partial charge in [-0.15, -0.1) is 0 Å². The van der Waals surface area contributed by atoms with E-state index in [1.54, 1.807) is 6.20 Å². The average Bonchev–Trinajstić information content (AvgIpc) is 2.97. The lowest BCUT2D eigenvalue weighted by Gasteiger charge is -2.13. The molecule has 2 heterocycles. The van der Waals surface area contributed by atoms with Gasteiger partial charge in [0.15, 0.2) is 0 Å². The fourth-order valence-electron chi connectivity index (χ4n) is 2.52. The maximum atomic E-state index is 12.6. The summed E-state index contributed by atoms with van der Waals surface area (Å²) in [5.74, 6) is 0.806. The van der Waals surface area contributed by atoms with E-state index in [9.17, 15) is 13.2 Å². The van der Waals surface area contributed by atoms with Gasteiger partial charge < -0.3 is 14.6 Å². The van der Waals surface area contributed by atoms with Crippen molar-refractivity contribution in [2.45, 2.75) is 19.3 Å². The molecule has 3 aromatic rings. The van der Waals surface area contributed by atoms with E-state index in [4.69, 9.17) is 4.74 Å². The van der Waals surface area contributed by atoms with E-state index >= 15 is 0 Å². The minimum atomic E-state index is -4.28. The van der Waals surface area contributed by atoms with E-state index in [1.807, 2.05) is 24.3 Å². The number of imidazole rings is 1. The summed E-state index contributed by atoms with van der Waals surface area (Å²) in [6.45, 7) is -0.885. The van der Waals surface area contributed by atoms with Crippen LogP contribution in [0.4, 0.5) is 18.9 Å². The fourth-order valence-corrected chi connectivity index (χ4v) is 2.52. The van der Waals surface area contributed by atoms with Gasteiger partial charge in [-0.1, -0.05) is 6.07 Å². The van der Waals surface area contributed by atoms with Gasteiger partial charge in [0.25, 0.3) is 0 Å². The first-order valence-corrected chi connectivity index (χ1v) is 7.20. The highest BCUT2D eigenvalue weighted by molar-refractivity contribution is 5.96. The molecule has 8 heteroatoms. The summed E-state index contributed by atoms with van der Waals surface area (Å²) < 4.78 is 44.0. The number of fused-ring (bicyclic) bond motifs is 1. The van der Waals surface area contributed by atoms with Crippen molar-refractivity contribution in [3.05, 3.63) is 48.7 Å². The maximum Gasteiger partial charge on any atom is 0.406 e. The van der Waals surface area contributed by atoms with Crippen LogP contribution in [0.2, 0.25) is 0 Å². The molecule has 1 N–H and O–H groups in total. The summed E-state index contributed by atoms with van der Waals surface area (Å²) in [5, 5.41) is 4.83. The molecule has 0 saturated carbocycles. The topological polar surface area (TPSA) is 52.0 Å². The molecule has 3 rings (SSSR count). The molecule has 0 aliphatic heterocycles. The molecule has 0 spiro atoms. The Hall–Kier alpha value is -2.77. The summed E-state index contributed by atoms with van der Waals surface area (Å²) in [6.07, 6.45) is 0.0181. The number of nitrogens with zero attached hydrogens (tertiary/aromatic N) is 3. The fraction of sp³-hybridized carbons (Fsp3) is 0.250. The van der Waals surface area contributed by atoms with Crippen molar-refractivity contribution in [2.24, 2.45) is 0 Å². The van der Waals surface area contributed by atoms with Crippen LogP contribution in [0.15, 0.2) is 42.9 Å². The van der Waals surface area contributed by atoms with Crippen LogP contribution in [0, 0.1) is 0 Å². The van der Waals surface area contributed by atoms with Gasteiger partial charge in [-0.2, -0.15) is 13.2 Å². The van der Waals surface area contributed by atoms with Crippen LogP contribution in [-0.2, 0) is 13.1 Å². The Morgan fingerprint density at radius 2 is 1.96 bits per heavy atom. The van der Waals surface area contributed by atoms with E-state index < -0.39 is 12.7 Å². The Kier molecular flexibility index (Phi) is 4.28. The largest absolute Gasteiger partial charge is 0.481 e. The molecule has 0 atom stereocenters. The van der Waals surface area contributed by atoms with Gasteiger partial charge in [0.1, 0.15) is 12.4 Å². The van der Waals surface area contributed by atoms with Gasteiger partial charge in [-0.3, -0.25) is 0 Å². The van der Waals surface area contributed by atoms with E-state index in [2.05, 4.69) is 15.3 Å². The Balaban J connectivity index is 1.84. The first-order chi connectivity index (χ1) is 11.5. The third-order valence-electron chi connectivity index (χ3n) is 3.55. The predicted octanol–water partition coefficient (Wildman–Crippen LogP) is 3.61. The number of hydrogen-bond acceptors (Lipinski definition) is 4. The summed E-state index contributed by atoms with van der Waals surface area (Å²) in [5.41, 5.74) is 0.773. The summed E-state index contributed by atoms with van der Waals surface area (Å²) >= 11 is 0. The number of pyridine rings is 1. The SMILES string of the molecule is COc1nccc2c(NCc3nccn3CC(F)(F)F)cccc12. The lowest BCUT2D eigenvalue weighted by Crippen LogP contribution is -2.20. The van der Waals surface area contributed by atoms with Gasteiger partial charge in [-0.05, 0) is 18.2 Å². The Labute approximate surface area is 136 Å². The second-order valence-corrected chi connectivity index (χ2v) is 5.16. The van der Waals surface area contributed by atoms with Crippen LogP contribution in [0.25, 0.3) is 10.8 Å². The highest BCUT2D eigenvalue weighted by atomic mass is 19.4. The molecule has 0 aliphatic carbocycles. The van der Waals surface area contributed by atoms with Gasteiger partial charge in [0, 0.05) is 35.1 Å². The molecule has 126 valence electrons. The molecule has 0 bridgehead atoms. The number of benzene rings is 1. The van der Waals surface area contributed by atoms with E-state index in [-0.39, 0.29) is 6.54 Å². The first kappa shape index (κ1) is 16.1. The monoisotopic (exact) mass is 336 g/mol. The van der Waals surface area contributed by atoms with Crippen molar-refractivity contribution in [1.82, 2.24) is 14.5 Å². The van der Waals surface area contributed by atoms with Crippen molar-refractivity contribution >= 4 is 16.5 Å². The zero-order chi connectivity index (χ0) is 17.2. The molecule has 0 fully saturated rings. The minimum Gasteiger partial charge on any atom is -0.481 e. The number of anilines is 1. The highest BCUT2D eigenvalue weighted by Crippen LogP contribution is 2.29. The Bertz CT molecular complexity index is 845. The summed E-state index contributed by atoms with van der Waals surface area (Å²) in [7, 11) is 1.54. The standard InChI is InChI=1S/C16H15F3N4O/c1-24-15-12-3-2-4-13(11(12)5-6-21-15)22-9-14-20-7-8-23(14)10-16(17,18)19/h2-8,22H,9-10H2,1H3. The zero-order valence-corrected chi connectivity index (χ0v) is 12.8. The van der Waals surface area contributed by atoms with Gasteiger partial charge in [0.2, 0.25) is 5.88 Å². The third-order valence-corrected chi connectivity index (χ3v) is 3.55. The molecule has 0 unspecified atom stereocenters. The molecule has 1 aromatic carbocycles. The minimum absolute atomic E-state index is 0.173. The number of halogens is 3. The smallest absolute Gasteiger partial charge is 0.406 e. The second-order valence-electron chi connectivity index (χ2n) is 5.16. The normalized spacial score (nSPS) is 11.7. The molecule has 2 aromatic heterocycles. The lowest BCUT2D eigenvalue weighted by atomic mass is 10.1. The number of nitrogens with one attached hydrogen (secondary N) is 1. The quantitative estimate of drug-likeness (QED) is 0.773. The van der Waals surface area contributed by atoms with E-state index in [0.717, 1.165) is 21.0 Å². The third kappa shape index (κ3) is 3.42. The second kappa shape index (κ2) is 6.38. The van der Waals surface area contributed by atoms with E-state index in [0.29, 0.717) is 11.7 Å². The number of ether oxygens (including phenoxy) is 1. The molecule has 0 saturated heterocycles. The number of alkyl halides is 3. The number of rotatable bonds is 5. The molecule has 5 nitrogen and oxygen atoms in total. The van der Waals surface area contributed by atoms with Crippen molar-refractivity contribution < 1.29 is 17.9 Å². The lowest BCUT2D eigenvalue weighted by molar-refractivity contribution is -0.141. The zero-order valence-electron chi connectivity index (χ0n) is 12.8. The predicted molar refractivity (Wildman–Crippen MR) is 83.9 cm³/mol. The first-order valence-electron chi connectivity index (χ1n) is 7.20. The van der Waals surface area contributed by atoms with Crippen molar-refractivity contribution in [1.29, 1.82) is 0 Å². The molecule has 24 heavy (non-hydrogen) atoms. The Morgan fingerprint density at radius 1 is 1.12 bits per heavy atom. The van der Waals surface area contributed by atoms with Gasteiger partial charge in [-0.25, -0.2) is 9.97 Å². The van der Waals surface area contributed by atoms with Crippen molar-refractivity contribution in [2.75, 3.05) is 12.4 Å². The average molecular weight is 336 g/mol. The van der Waals surface area contributed by atoms with Gasteiger partial charge in [0.05, 0.1) is 13.7 Å². The van der Waals surface area contributed by atoms with Crippen LogP contribution in [0.1, 0.15) is 5.82 Å². The van der Waals surface area contributed by atoms with Crippen molar-refractivity contribution in [3.8, 4) is 5.88 Å². The number of aromatic nitrogens is 3. The van der Waals surface area contributed by atoms with Crippen LogP contribution < -0.4 is 10.1 Å². The van der Waals surface area contributed by atoms with Gasteiger partial charge >= 0.3 is 6.18 Å². The molecule has 0 amide bonds. The number of hydrogen-bond donors (Lipinski definition) is 1. The summed E-state index contributed by atoms with van der Waals surface area (Å²) in [4.78, 5) is 8.13. The van der Waals surface area contributed by atoms with Crippen LogP contribution in [-0.4, -0.2) is 27.8 Å². The number of methoxy groups -OCH3 is 1. The van der Waals surface area contributed by atoms with Crippen molar-refractivity contribution in [3.63, 3.8) is 0 Å².